The lowest BCUT2D eigenvalue weighted by Gasteiger charge is -2.12. The third-order valence-electron chi connectivity index (χ3n) is 1.52. The molecule has 0 aliphatic rings. The molecule has 0 saturated carbocycles. The maximum absolute atomic E-state index is 3.99. The summed E-state index contributed by atoms with van der Waals surface area (Å²) >= 11 is 0. The minimum Gasteiger partial charge on any atom is -0.0625 e. The van der Waals surface area contributed by atoms with Gasteiger partial charge in [-0.05, 0) is 18.8 Å². The first-order chi connectivity index (χ1) is 3.68. The Hall–Kier alpha value is 0. The van der Waals surface area contributed by atoms with E-state index in [0.717, 1.165) is 18.8 Å². The summed E-state index contributed by atoms with van der Waals surface area (Å²) in [5, 5.41) is 0. The average molecular weight is 112 g/mol. The Morgan fingerprint density at radius 3 is 2.00 bits per heavy atom. The monoisotopic (exact) mass is 112 g/mol. The van der Waals surface area contributed by atoms with Gasteiger partial charge in [-0.2, -0.15) is 0 Å². The standard InChI is InChI=1S/C8H16/c1-5-6-8(4)7(2)3/h7-8H,1,4-6H2,2-3H3. The van der Waals surface area contributed by atoms with Crippen molar-refractivity contribution in [2.24, 2.45) is 11.8 Å². The van der Waals surface area contributed by atoms with Crippen molar-refractivity contribution >= 4 is 0 Å². The lowest BCUT2D eigenvalue weighted by molar-refractivity contribution is 0.435. The minimum absolute atomic E-state index is 0.604. The molecule has 0 amide bonds. The first-order valence-corrected chi connectivity index (χ1v) is 3.30. The molecule has 0 aliphatic carbocycles. The second-order valence-corrected chi connectivity index (χ2v) is 2.65. The van der Waals surface area contributed by atoms with E-state index in [1.807, 2.05) is 0 Å². The van der Waals surface area contributed by atoms with Crippen molar-refractivity contribution in [3.8, 4) is 0 Å². The van der Waals surface area contributed by atoms with Crippen molar-refractivity contribution < 1.29 is 0 Å². The summed E-state index contributed by atoms with van der Waals surface area (Å²) in [6.07, 6.45) is 2.18. The van der Waals surface area contributed by atoms with Crippen LogP contribution in [-0.2, 0) is 0 Å². The molecule has 0 rings (SSSR count). The molecule has 0 nitrogen and oxygen atoms in total. The van der Waals surface area contributed by atoms with Crippen molar-refractivity contribution in [2.45, 2.75) is 26.7 Å². The average Bonchev–Trinajstić information content (AvgIpc) is 1.67. The predicted molar refractivity (Wildman–Crippen MR) is 38.3 cm³/mol. The van der Waals surface area contributed by atoms with Gasteiger partial charge in [0.05, 0.1) is 0 Å². The van der Waals surface area contributed by atoms with Gasteiger partial charge in [0.1, 0.15) is 0 Å². The van der Waals surface area contributed by atoms with Gasteiger partial charge in [0.2, 0.25) is 0 Å². The fraction of sp³-hybridized carbons (Fsp3) is 0.750. The Morgan fingerprint density at radius 2 is 1.88 bits per heavy atom. The van der Waals surface area contributed by atoms with E-state index in [2.05, 4.69) is 27.7 Å². The summed E-state index contributed by atoms with van der Waals surface area (Å²) < 4.78 is 0. The largest absolute Gasteiger partial charge is 0.0625 e. The van der Waals surface area contributed by atoms with Crippen LogP contribution in [0.1, 0.15) is 26.7 Å². The molecular weight excluding hydrogens is 96.1 g/mol. The van der Waals surface area contributed by atoms with Crippen molar-refractivity contribution in [3.63, 3.8) is 0 Å². The SMILES string of the molecule is [CH2]CCC([CH2])C(C)C. The van der Waals surface area contributed by atoms with Crippen molar-refractivity contribution in [1.29, 1.82) is 0 Å². The van der Waals surface area contributed by atoms with E-state index in [0.29, 0.717) is 5.92 Å². The lowest BCUT2D eigenvalue weighted by atomic mass is 9.94. The highest BCUT2D eigenvalue weighted by Crippen LogP contribution is 2.14. The summed E-state index contributed by atoms with van der Waals surface area (Å²) in [4.78, 5) is 0. The Balaban J connectivity index is 3.17. The molecule has 0 spiro atoms. The fourth-order valence-corrected chi connectivity index (χ4v) is 0.596. The first kappa shape index (κ1) is 8.00. The maximum Gasteiger partial charge on any atom is -0.0391 e. The summed E-state index contributed by atoms with van der Waals surface area (Å²) in [7, 11) is 0. The highest BCUT2D eigenvalue weighted by molar-refractivity contribution is 4.64. The third-order valence-corrected chi connectivity index (χ3v) is 1.52. The van der Waals surface area contributed by atoms with Crippen LogP contribution in [0.3, 0.4) is 0 Å². The third kappa shape index (κ3) is 3.06. The van der Waals surface area contributed by atoms with E-state index < -0.39 is 0 Å². The van der Waals surface area contributed by atoms with Crippen LogP contribution < -0.4 is 0 Å². The van der Waals surface area contributed by atoms with Crippen LogP contribution in [0.4, 0.5) is 0 Å². The quantitative estimate of drug-likeness (QED) is 0.526. The van der Waals surface area contributed by atoms with E-state index in [9.17, 15) is 0 Å². The highest BCUT2D eigenvalue weighted by atomic mass is 14.1. The lowest BCUT2D eigenvalue weighted by Crippen LogP contribution is -2.02. The van der Waals surface area contributed by atoms with Crippen LogP contribution in [0.25, 0.3) is 0 Å². The van der Waals surface area contributed by atoms with Gasteiger partial charge < -0.3 is 0 Å². The second-order valence-electron chi connectivity index (χ2n) is 2.65. The van der Waals surface area contributed by atoms with Crippen LogP contribution in [0, 0.1) is 25.7 Å². The Labute approximate surface area is 53.3 Å². The molecule has 0 aromatic rings. The molecule has 48 valence electrons. The van der Waals surface area contributed by atoms with E-state index in [1.54, 1.807) is 0 Å². The van der Waals surface area contributed by atoms with Gasteiger partial charge in [-0.1, -0.05) is 33.6 Å². The van der Waals surface area contributed by atoms with E-state index in [1.165, 1.54) is 0 Å². The van der Waals surface area contributed by atoms with Crippen LogP contribution in [0.2, 0.25) is 0 Å². The van der Waals surface area contributed by atoms with Gasteiger partial charge in [0.25, 0.3) is 0 Å². The molecule has 0 aromatic carbocycles. The zero-order valence-electron chi connectivity index (χ0n) is 5.98. The molecular formula is C8H16. The Morgan fingerprint density at radius 1 is 1.38 bits per heavy atom. The van der Waals surface area contributed by atoms with Gasteiger partial charge in [0.15, 0.2) is 0 Å². The molecule has 0 N–H and O–H groups in total. The highest BCUT2D eigenvalue weighted by Gasteiger charge is 2.03. The zero-order chi connectivity index (χ0) is 6.57. The predicted octanol–water partition coefficient (Wildman–Crippen LogP) is 2.71. The van der Waals surface area contributed by atoms with E-state index >= 15 is 0 Å². The smallest absolute Gasteiger partial charge is 0.0391 e. The molecule has 0 aromatic heterocycles. The molecule has 0 aliphatic heterocycles. The number of hydrogen-bond acceptors (Lipinski definition) is 0. The summed E-state index contributed by atoms with van der Waals surface area (Å²) in [6, 6.07) is 0. The maximum atomic E-state index is 3.99. The normalized spacial score (nSPS) is 14.6. The van der Waals surface area contributed by atoms with Gasteiger partial charge in [-0.3, -0.25) is 0 Å². The summed E-state index contributed by atoms with van der Waals surface area (Å²) in [6.45, 7) is 12.2. The molecule has 0 saturated heterocycles. The number of rotatable bonds is 3. The summed E-state index contributed by atoms with van der Waals surface area (Å²) in [5.74, 6) is 1.32. The molecule has 2 radical (unpaired) electrons. The molecule has 1 unspecified atom stereocenters. The van der Waals surface area contributed by atoms with Gasteiger partial charge in [-0.15, -0.1) is 0 Å². The molecule has 0 fully saturated rings. The van der Waals surface area contributed by atoms with Crippen molar-refractivity contribution in [2.75, 3.05) is 0 Å². The topological polar surface area (TPSA) is 0 Å². The molecule has 0 heterocycles. The molecule has 1 atom stereocenters. The molecule has 0 heteroatoms. The van der Waals surface area contributed by atoms with E-state index in [-0.39, 0.29) is 0 Å². The van der Waals surface area contributed by atoms with Crippen LogP contribution in [0.15, 0.2) is 0 Å². The summed E-state index contributed by atoms with van der Waals surface area (Å²) in [5.41, 5.74) is 0. The fourth-order valence-electron chi connectivity index (χ4n) is 0.596. The Kier molecular flexibility index (Phi) is 3.94. The van der Waals surface area contributed by atoms with Crippen LogP contribution in [0.5, 0.6) is 0 Å². The van der Waals surface area contributed by atoms with Gasteiger partial charge in [0, 0.05) is 0 Å². The second kappa shape index (κ2) is 3.94. The molecule has 8 heavy (non-hydrogen) atoms. The van der Waals surface area contributed by atoms with Crippen LogP contribution >= 0.6 is 0 Å². The van der Waals surface area contributed by atoms with Crippen molar-refractivity contribution in [1.82, 2.24) is 0 Å². The van der Waals surface area contributed by atoms with Crippen LogP contribution in [-0.4, -0.2) is 0 Å². The zero-order valence-corrected chi connectivity index (χ0v) is 5.98. The Bertz CT molecular complexity index is 46.0. The molecule has 0 bridgehead atoms. The van der Waals surface area contributed by atoms with Gasteiger partial charge in [-0.25, -0.2) is 0 Å². The van der Waals surface area contributed by atoms with E-state index in [4.69, 9.17) is 0 Å². The van der Waals surface area contributed by atoms with Crippen molar-refractivity contribution in [3.05, 3.63) is 13.8 Å². The first-order valence-electron chi connectivity index (χ1n) is 3.30. The van der Waals surface area contributed by atoms with Gasteiger partial charge >= 0.3 is 0 Å². The number of hydrogen-bond donors (Lipinski definition) is 0. The minimum atomic E-state index is 0.604.